The van der Waals surface area contributed by atoms with Crippen molar-refractivity contribution in [3.63, 3.8) is 0 Å². The summed E-state index contributed by atoms with van der Waals surface area (Å²) in [7, 11) is 0. The molecule has 0 unspecified atom stereocenters. The molecule has 20 heavy (non-hydrogen) atoms. The molecule has 0 bridgehead atoms. The van der Waals surface area contributed by atoms with Crippen molar-refractivity contribution in [2.75, 3.05) is 10.6 Å². The highest BCUT2D eigenvalue weighted by molar-refractivity contribution is 7.09. The number of nitro benzene ring substituents is 1. The second-order valence-corrected chi connectivity index (χ2v) is 6.01. The van der Waals surface area contributed by atoms with Gasteiger partial charge in [0.15, 0.2) is 0 Å². The molecule has 0 saturated heterocycles. The zero-order valence-corrected chi connectivity index (χ0v) is 11.7. The van der Waals surface area contributed by atoms with E-state index in [2.05, 4.69) is 11.0 Å². The molecule has 104 valence electrons. The molecule has 1 aliphatic carbocycles. The third-order valence-corrected chi connectivity index (χ3v) is 4.22. The Bertz CT molecular complexity index is 623. The first kappa shape index (κ1) is 12.9. The van der Waals surface area contributed by atoms with Crippen molar-refractivity contribution in [3.8, 4) is 0 Å². The third-order valence-electron chi connectivity index (χ3n) is 3.36. The molecule has 1 saturated carbocycles. The van der Waals surface area contributed by atoms with Crippen LogP contribution in [0.5, 0.6) is 0 Å². The maximum atomic E-state index is 11.0. The molecule has 2 aromatic rings. The largest absolute Gasteiger partial charge is 0.398 e. The first-order chi connectivity index (χ1) is 9.63. The molecule has 6 heteroatoms. The van der Waals surface area contributed by atoms with Crippen LogP contribution in [0.2, 0.25) is 0 Å². The van der Waals surface area contributed by atoms with E-state index in [1.54, 1.807) is 17.4 Å². The number of anilines is 2. The molecule has 1 aromatic heterocycles. The lowest BCUT2D eigenvalue weighted by molar-refractivity contribution is -0.384. The lowest BCUT2D eigenvalue weighted by Gasteiger charge is -2.24. The van der Waals surface area contributed by atoms with E-state index in [1.165, 1.54) is 10.9 Å². The minimum absolute atomic E-state index is 0.0526. The zero-order chi connectivity index (χ0) is 14.1. The van der Waals surface area contributed by atoms with E-state index < -0.39 is 4.92 Å². The first-order valence-electron chi connectivity index (χ1n) is 6.47. The summed E-state index contributed by atoms with van der Waals surface area (Å²) in [6, 6.07) is 9.41. The van der Waals surface area contributed by atoms with Gasteiger partial charge in [0.25, 0.3) is 5.69 Å². The van der Waals surface area contributed by atoms with Crippen LogP contribution in [-0.4, -0.2) is 11.0 Å². The molecule has 0 amide bonds. The van der Waals surface area contributed by atoms with Gasteiger partial charge in [-0.3, -0.25) is 10.1 Å². The maximum Gasteiger partial charge on any atom is 0.273 e. The smallest absolute Gasteiger partial charge is 0.273 e. The molecule has 3 rings (SSSR count). The Labute approximate surface area is 120 Å². The fourth-order valence-corrected chi connectivity index (χ4v) is 2.98. The fraction of sp³-hybridized carbons (Fsp3) is 0.286. The summed E-state index contributed by atoms with van der Waals surface area (Å²) in [4.78, 5) is 14.0. The number of hydrogen-bond acceptors (Lipinski definition) is 5. The molecule has 1 aromatic carbocycles. The normalized spacial score (nSPS) is 14.2. The zero-order valence-electron chi connectivity index (χ0n) is 10.9. The summed E-state index contributed by atoms with van der Waals surface area (Å²) in [6.07, 6.45) is 2.27. The average molecular weight is 289 g/mol. The lowest BCUT2D eigenvalue weighted by atomic mass is 10.2. The topological polar surface area (TPSA) is 72.4 Å². The number of nitro groups is 1. The average Bonchev–Trinajstić information content (AvgIpc) is 3.12. The minimum atomic E-state index is -0.393. The van der Waals surface area contributed by atoms with Crippen molar-refractivity contribution < 1.29 is 4.92 Å². The Morgan fingerprint density at radius 2 is 2.20 bits per heavy atom. The molecule has 5 nitrogen and oxygen atoms in total. The number of nitrogen functional groups attached to an aromatic ring is 1. The number of non-ortho nitro benzene ring substituents is 1. The van der Waals surface area contributed by atoms with Crippen molar-refractivity contribution >= 4 is 28.4 Å². The lowest BCUT2D eigenvalue weighted by Crippen LogP contribution is -2.24. The summed E-state index contributed by atoms with van der Waals surface area (Å²) >= 11 is 1.70. The Morgan fingerprint density at radius 3 is 2.80 bits per heavy atom. The second kappa shape index (κ2) is 5.13. The van der Waals surface area contributed by atoms with Gasteiger partial charge in [-0.05, 0) is 30.4 Å². The highest BCUT2D eigenvalue weighted by Crippen LogP contribution is 2.36. The van der Waals surface area contributed by atoms with Crippen LogP contribution >= 0.6 is 11.3 Å². The third kappa shape index (κ3) is 2.75. The summed E-state index contributed by atoms with van der Waals surface area (Å²) in [5.41, 5.74) is 7.13. The van der Waals surface area contributed by atoms with Gasteiger partial charge in [0.05, 0.1) is 11.5 Å². The monoisotopic (exact) mass is 289 g/mol. The van der Waals surface area contributed by atoms with Crippen LogP contribution in [0.1, 0.15) is 17.7 Å². The second-order valence-electron chi connectivity index (χ2n) is 4.98. The number of nitrogens with two attached hydrogens (primary N) is 1. The highest BCUT2D eigenvalue weighted by Gasteiger charge is 2.30. The van der Waals surface area contributed by atoms with Gasteiger partial charge in [-0.25, -0.2) is 0 Å². The Balaban J connectivity index is 1.93. The number of nitrogens with zero attached hydrogens (tertiary/aromatic N) is 2. The molecular formula is C14H15N3O2S. The molecule has 0 spiro atoms. The summed E-state index contributed by atoms with van der Waals surface area (Å²) in [5, 5.41) is 13.0. The molecule has 1 fully saturated rings. The van der Waals surface area contributed by atoms with E-state index in [-0.39, 0.29) is 5.69 Å². The molecule has 0 atom stereocenters. The van der Waals surface area contributed by atoms with Crippen LogP contribution in [-0.2, 0) is 6.54 Å². The van der Waals surface area contributed by atoms with Gasteiger partial charge in [-0.2, -0.15) is 0 Å². The maximum absolute atomic E-state index is 11.0. The van der Waals surface area contributed by atoms with Crippen molar-refractivity contribution in [2.24, 2.45) is 0 Å². The highest BCUT2D eigenvalue weighted by atomic mass is 32.1. The number of rotatable bonds is 5. The van der Waals surface area contributed by atoms with E-state index >= 15 is 0 Å². The van der Waals surface area contributed by atoms with Gasteiger partial charge >= 0.3 is 0 Å². The molecule has 0 radical (unpaired) electrons. The summed E-state index contributed by atoms with van der Waals surface area (Å²) < 4.78 is 0. The standard InChI is InChI=1S/C14H15N3O2S/c15-10-6-12(8-13(7-10)17(18)19)16(11-3-4-11)9-14-2-1-5-20-14/h1-2,5-8,11H,3-4,9,15H2. The summed E-state index contributed by atoms with van der Waals surface area (Å²) in [6.45, 7) is 0.781. The van der Waals surface area contributed by atoms with E-state index in [0.29, 0.717) is 11.7 Å². The number of hydrogen-bond donors (Lipinski definition) is 1. The van der Waals surface area contributed by atoms with Crippen LogP contribution in [0.4, 0.5) is 17.1 Å². The molecule has 1 aliphatic rings. The predicted molar refractivity (Wildman–Crippen MR) is 81.0 cm³/mol. The van der Waals surface area contributed by atoms with Gasteiger partial charge in [-0.15, -0.1) is 11.3 Å². The Morgan fingerprint density at radius 1 is 1.40 bits per heavy atom. The van der Waals surface area contributed by atoms with Crippen LogP contribution in [0.3, 0.4) is 0 Å². The van der Waals surface area contributed by atoms with Gasteiger partial charge in [0.2, 0.25) is 0 Å². The molecule has 2 N–H and O–H groups in total. The Hall–Kier alpha value is -2.08. The van der Waals surface area contributed by atoms with Crippen LogP contribution in [0.15, 0.2) is 35.7 Å². The van der Waals surface area contributed by atoms with E-state index in [4.69, 9.17) is 5.73 Å². The van der Waals surface area contributed by atoms with Gasteiger partial charge in [0.1, 0.15) is 0 Å². The van der Waals surface area contributed by atoms with Crippen LogP contribution < -0.4 is 10.6 Å². The molecular weight excluding hydrogens is 274 g/mol. The molecule has 0 aliphatic heterocycles. The number of benzene rings is 1. The van der Waals surface area contributed by atoms with Crippen molar-refractivity contribution in [2.45, 2.75) is 25.4 Å². The van der Waals surface area contributed by atoms with Gasteiger partial charge < -0.3 is 10.6 Å². The van der Waals surface area contributed by atoms with E-state index in [9.17, 15) is 10.1 Å². The van der Waals surface area contributed by atoms with Crippen molar-refractivity contribution in [1.29, 1.82) is 0 Å². The van der Waals surface area contributed by atoms with E-state index in [0.717, 1.165) is 25.1 Å². The summed E-state index contributed by atoms with van der Waals surface area (Å²) in [5.74, 6) is 0. The predicted octanol–water partition coefficient (Wildman–Crippen LogP) is 3.41. The van der Waals surface area contributed by atoms with Gasteiger partial charge in [-0.1, -0.05) is 6.07 Å². The Kier molecular flexibility index (Phi) is 3.31. The number of thiophene rings is 1. The van der Waals surface area contributed by atoms with Gasteiger partial charge in [0, 0.05) is 34.4 Å². The quantitative estimate of drug-likeness (QED) is 0.520. The van der Waals surface area contributed by atoms with E-state index in [1.807, 2.05) is 17.5 Å². The van der Waals surface area contributed by atoms with Crippen molar-refractivity contribution in [3.05, 3.63) is 50.7 Å². The van der Waals surface area contributed by atoms with Crippen LogP contribution in [0, 0.1) is 10.1 Å². The van der Waals surface area contributed by atoms with Crippen LogP contribution in [0.25, 0.3) is 0 Å². The fourth-order valence-electron chi connectivity index (χ4n) is 2.28. The van der Waals surface area contributed by atoms with Crippen molar-refractivity contribution in [1.82, 2.24) is 0 Å². The SMILES string of the molecule is Nc1cc(N(Cc2cccs2)C2CC2)cc([N+](=O)[O-])c1. The first-order valence-corrected chi connectivity index (χ1v) is 7.35. The molecule has 1 heterocycles. The minimum Gasteiger partial charge on any atom is -0.398 e.